The van der Waals surface area contributed by atoms with Gasteiger partial charge in [-0.2, -0.15) is 0 Å². The van der Waals surface area contributed by atoms with Crippen LogP contribution in [0.5, 0.6) is 0 Å². The average Bonchev–Trinajstić information content (AvgIpc) is 2.57. The molecule has 1 fully saturated rings. The molecule has 0 amide bonds. The maximum atomic E-state index is 14.0. The van der Waals surface area contributed by atoms with Crippen molar-refractivity contribution in [2.24, 2.45) is 5.92 Å². The third kappa shape index (κ3) is 5.27. The number of thioether (sulfide) groups is 1. The number of allylic oxidation sites excluding steroid dienone is 1. The fourth-order valence-electron chi connectivity index (χ4n) is 2.91. The molecule has 26 heavy (non-hydrogen) atoms. The molecule has 0 radical (unpaired) electrons. The monoisotopic (exact) mass is 411 g/mol. The number of hydrogen-bond acceptors (Lipinski definition) is 6. The number of aliphatic hydroxyl groups excluding tert-OH is 3. The van der Waals surface area contributed by atoms with E-state index in [1.54, 1.807) is 6.08 Å². The van der Waals surface area contributed by atoms with Gasteiger partial charge < -0.3 is 20.1 Å². The van der Waals surface area contributed by atoms with Crippen LogP contribution in [0.2, 0.25) is 0 Å². The van der Waals surface area contributed by atoms with Crippen LogP contribution >= 0.6 is 11.8 Å². The highest BCUT2D eigenvalue weighted by molar-refractivity contribution is 7.99. The van der Waals surface area contributed by atoms with Crippen molar-refractivity contribution < 1.29 is 28.7 Å². The lowest BCUT2D eigenvalue weighted by atomic mass is 9.88. The predicted molar refractivity (Wildman–Crippen MR) is 102 cm³/mol. The molecule has 1 saturated heterocycles. The lowest BCUT2D eigenvalue weighted by Crippen LogP contribution is -2.64. The lowest BCUT2D eigenvalue weighted by molar-refractivity contribution is -0.205. The standard InChI is InChI=1S/C17H30FNO5S2/c1-9-6-5-7-10(18)8-25-16-14(22)12(20)13(21)15(24-16)11(9)19-26(23)17(2,3)4/h5-6,9-16,19-22H,7-8H2,1-4H3/b6-5-/t9-,10-,11-,12-,13?,14-,15-,16?,26-/m1/s1. The molecule has 0 saturated carbocycles. The van der Waals surface area contributed by atoms with Gasteiger partial charge >= 0.3 is 0 Å². The Hall–Kier alpha value is -0.0300. The topological polar surface area (TPSA) is 99.0 Å². The van der Waals surface area contributed by atoms with Gasteiger partial charge in [0.15, 0.2) is 0 Å². The quantitative estimate of drug-likeness (QED) is 0.504. The smallest absolute Gasteiger partial charge is 0.132 e. The molecule has 152 valence electrons. The van der Waals surface area contributed by atoms with Crippen molar-refractivity contribution in [2.75, 3.05) is 5.75 Å². The molecule has 2 aliphatic rings. The summed E-state index contributed by atoms with van der Waals surface area (Å²) in [5.41, 5.74) is -0.866. The van der Waals surface area contributed by atoms with Gasteiger partial charge in [0.2, 0.25) is 0 Å². The van der Waals surface area contributed by atoms with Crippen molar-refractivity contribution in [3.8, 4) is 0 Å². The van der Waals surface area contributed by atoms with E-state index in [1.807, 2.05) is 33.8 Å². The number of hydrogen-bond donors (Lipinski definition) is 4. The number of rotatable bonds is 2. The molecule has 9 heteroatoms. The first-order valence-corrected chi connectivity index (χ1v) is 11.0. The molecule has 0 aromatic heterocycles. The summed E-state index contributed by atoms with van der Waals surface area (Å²) in [6.07, 6.45) is -2.32. The Morgan fingerprint density at radius 2 is 1.88 bits per heavy atom. The summed E-state index contributed by atoms with van der Waals surface area (Å²) < 4.78 is 35.0. The van der Waals surface area contributed by atoms with E-state index in [4.69, 9.17) is 4.74 Å². The molecule has 0 aromatic carbocycles. The van der Waals surface area contributed by atoms with Crippen molar-refractivity contribution in [3.05, 3.63) is 12.2 Å². The zero-order valence-electron chi connectivity index (χ0n) is 15.5. The van der Waals surface area contributed by atoms with E-state index in [-0.39, 0.29) is 18.1 Å². The van der Waals surface area contributed by atoms with Crippen LogP contribution in [0.25, 0.3) is 0 Å². The molecule has 0 spiro atoms. The van der Waals surface area contributed by atoms with Crippen molar-refractivity contribution in [2.45, 2.75) is 80.9 Å². The highest BCUT2D eigenvalue weighted by Crippen LogP contribution is 2.33. The van der Waals surface area contributed by atoms with Crippen molar-refractivity contribution in [3.63, 3.8) is 0 Å². The van der Waals surface area contributed by atoms with Crippen LogP contribution in [-0.2, 0) is 15.7 Å². The highest BCUT2D eigenvalue weighted by Gasteiger charge is 2.48. The van der Waals surface area contributed by atoms with Gasteiger partial charge in [0, 0.05) is 5.75 Å². The van der Waals surface area contributed by atoms with Crippen molar-refractivity contribution >= 4 is 22.7 Å². The van der Waals surface area contributed by atoms with Crippen molar-refractivity contribution in [1.29, 1.82) is 0 Å². The summed E-state index contributed by atoms with van der Waals surface area (Å²) in [6, 6.07) is -0.581. The molecule has 2 bridgehead atoms. The van der Waals surface area contributed by atoms with E-state index >= 15 is 0 Å². The van der Waals surface area contributed by atoms with Gasteiger partial charge in [-0.25, -0.2) is 13.3 Å². The summed E-state index contributed by atoms with van der Waals surface area (Å²) in [7, 11) is -1.43. The Bertz CT molecular complexity index is 530. The second-order valence-electron chi connectivity index (χ2n) is 7.92. The first-order valence-electron chi connectivity index (χ1n) is 8.82. The second-order valence-corrected chi connectivity index (χ2v) is 11.0. The Labute approximate surface area is 161 Å². The SMILES string of the molecule is C[C@@H]1/C=C\C[C@@H](F)CSC2O[C@@H](C(O)[C@@H](O)[C@H]2O)[C@@H]1N[S@](=O)C(C)(C)C. The largest absolute Gasteiger partial charge is 0.388 e. The molecule has 0 aromatic rings. The summed E-state index contributed by atoms with van der Waals surface area (Å²) in [4.78, 5) is 0. The molecule has 2 aliphatic heterocycles. The van der Waals surface area contributed by atoms with Gasteiger partial charge in [0.1, 0.15) is 36.0 Å². The fraction of sp³-hybridized carbons (Fsp3) is 0.882. The second kappa shape index (κ2) is 8.98. The van der Waals surface area contributed by atoms with Crippen molar-refractivity contribution in [1.82, 2.24) is 4.72 Å². The van der Waals surface area contributed by atoms with E-state index in [0.29, 0.717) is 0 Å². The van der Waals surface area contributed by atoms with Crippen LogP contribution in [0.15, 0.2) is 12.2 Å². The summed E-state index contributed by atoms with van der Waals surface area (Å²) in [5.74, 6) is -0.124. The molecular formula is C17H30FNO5S2. The number of fused-ring (bicyclic) bond motifs is 2. The molecular weight excluding hydrogens is 381 g/mol. The van der Waals surface area contributed by atoms with E-state index in [2.05, 4.69) is 4.72 Å². The van der Waals surface area contributed by atoms with E-state index in [9.17, 15) is 23.9 Å². The third-order valence-corrected chi connectivity index (χ3v) is 7.47. The van der Waals surface area contributed by atoms with Gasteiger partial charge in [0.05, 0.1) is 21.8 Å². The molecule has 6 nitrogen and oxygen atoms in total. The zero-order chi connectivity index (χ0) is 19.6. The Kier molecular flexibility index (Phi) is 7.69. The molecule has 4 N–H and O–H groups in total. The minimum Gasteiger partial charge on any atom is -0.388 e. The highest BCUT2D eigenvalue weighted by atomic mass is 32.2. The predicted octanol–water partition coefficient (Wildman–Crippen LogP) is 0.882. The van der Waals surface area contributed by atoms with Gasteiger partial charge in [-0.15, -0.1) is 11.8 Å². The van der Waals surface area contributed by atoms with Crippen LogP contribution in [0, 0.1) is 5.92 Å². The molecule has 9 atom stereocenters. The van der Waals surface area contributed by atoms with Gasteiger partial charge in [0.25, 0.3) is 0 Å². The van der Waals surface area contributed by atoms with Crippen LogP contribution in [0.1, 0.15) is 34.1 Å². The molecule has 2 unspecified atom stereocenters. The van der Waals surface area contributed by atoms with E-state index < -0.39 is 57.8 Å². The first kappa shape index (κ1) is 22.3. The minimum atomic E-state index is -1.43. The van der Waals surface area contributed by atoms with E-state index in [0.717, 1.165) is 11.8 Å². The summed E-state index contributed by atoms with van der Waals surface area (Å²) >= 11 is 1.08. The fourth-order valence-corrected chi connectivity index (χ4v) is 4.96. The van der Waals surface area contributed by atoms with Gasteiger partial charge in [-0.1, -0.05) is 19.1 Å². The number of ether oxygens (including phenoxy) is 1. The molecule has 2 rings (SSSR count). The minimum absolute atomic E-state index is 0.113. The lowest BCUT2D eigenvalue weighted by Gasteiger charge is -2.44. The maximum absolute atomic E-state index is 14.0. The number of alkyl halides is 1. The van der Waals surface area contributed by atoms with Crippen LogP contribution in [0.4, 0.5) is 4.39 Å². The molecule has 2 heterocycles. The number of nitrogens with one attached hydrogen (secondary N) is 1. The Morgan fingerprint density at radius 3 is 2.50 bits per heavy atom. The van der Waals surface area contributed by atoms with Crippen LogP contribution < -0.4 is 4.72 Å². The third-order valence-electron chi connectivity index (χ3n) is 4.60. The number of aliphatic hydroxyl groups is 3. The Morgan fingerprint density at radius 1 is 1.23 bits per heavy atom. The van der Waals surface area contributed by atoms with Crippen LogP contribution in [0.3, 0.4) is 0 Å². The number of halogens is 1. The van der Waals surface area contributed by atoms with Gasteiger partial charge in [-0.3, -0.25) is 0 Å². The summed E-state index contributed by atoms with van der Waals surface area (Å²) in [6.45, 7) is 7.33. The summed E-state index contributed by atoms with van der Waals surface area (Å²) in [5, 5.41) is 30.9. The maximum Gasteiger partial charge on any atom is 0.132 e. The zero-order valence-corrected chi connectivity index (χ0v) is 17.2. The average molecular weight is 412 g/mol. The normalized spacial score (nSPS) is 44.8. The van der Waals surface area contributed by atoms with E-state index in [1.165, 1.54) is 0 Å². The molecule has 0 aliphatic carbocycles. The first-order chi connectivity index (χ1) is 12.0. The van der Waals surface area contributed by atoms with Gasteiger partial charge in [-0.05, 0) is 33.1 Å². The Balaban J connectivity index is 2.34. The van der Waals surface area contributed by atoms with Crippen LogP contribution in [-0.4, -0.2) is 72.1 Å².